The number of rotatable bonds is 14. The molecule has 0 aliphatic rings. The van der Waals surface area contributed by atoms with E-state index in [1.54, 1.807) is 0 Å². The minimum Gasteiger partial charge on any atom is -0.481 e. The van der Waals surface area contributed by atoms with Crippen LogP contribution in [-0.2, 0) is 19.7 Å². The smallest absolute Gasteiger partial charge is 0.310 e. The van der Waals surface area contributed by atoms with E-state index in [2.05, 4.69) is 12.2 Å². The number of benzene rings is 1. The van der Waals surface area contributed by atoms with Crippen molar-refractivity contribution < 1.29 is 27.7 Å². The first-order valence-corrected chi connectivity index (χ1v) is 11.3. The number of hydrogen-bond donors (Lipinski definition) is 3. The Morgan fingerprint density at radius 1 is 1.00 bits per heavy atom. The lowest BCUT2D eigenvalue weighted by Gasteiger charge is -2.13. The molecule has 1 aromatic carbocycles. The molecule has 3 N–H and O–H groups in total. The van der Waals surface area contributed by atoms with Gasteiger partial charge in [-0.3, -0.25) is 14.1 Å². The van der Waals surface area contributed by atoms with E-state index in [4.69, 9.17) is 4.55 Å². The maximum atomic E-state index is 11.7. The summed E-state index contributed by atoms with van der Waals surface area (Å²) in [5.74, 6) is -1.72. The van der Waals surface area contributed by atoms with E-state index in [0.717, 1.165) is 19.3 Å². The number of amides is 1. The molecule has 8 heteroatoms. The lowest BCUT2D eigenvalue weighted by atomic mass is 9.94. The van der Waals surface area contributed by atoms with Crippen LogP contribution in [0, 0.1) is 0 Å². The summed E-state index contributed by atoms with van der Waals surface area (Å²) in [5, 5.41) is 12.3. The number of nitrogens with one attached hydrogen (secondary N) is 1. The fourth-order valence-electron chi connectivity index (χ4n) is 2.98. The second-order valence-electron chi connectivity index (χ2n) is 6.94. The zero-order chi connectivity index (χ0) is 21.0. The molecule has 0 aliphatic heterocycles. The maximum absolute atomic E-state index is 11.7. The van der Waals surface area contributed by atoms with Gasteiger partial charge >= 0.3 is 5.97 Å². The fraction of sp³-hybridized carbons (Fsp3) is 0.600. The average molecular weight is 414 g/mol. The van der Waals surface area contributed by atoms with Crippen LogP contribution in [0.15, 0.2) is 29.2 Å². The van der Waals surface area contributed by atoms with Gasteiger partial charge in [-0.15, -0.1) is 0 Å². The number of carbonyl (C=O) groups excluding carboxylic acids is 1. The topological polar surface area (TPSA) is 121 Å². The summed E-state index contributed by atoms with van der Waals surface area (Å²) in [4.78, 5) is 23.0. The van der Waals surface area contributed by atoms with Gasteiger partial charge in [0.25, 0.3) is 10.1 Å². The quantitative estimate of drug-likeness (QED) is 0.315. The molecule has 0 radical (unpaired) electrons. The molecule has 28 heavy (non-hydrogen) atoms. The monoisotopic (exact) mass is 413 g/mol. The minimum atomic E-state index is -4.30. The molecule has 1 unspecified atom stereocenters. The van der Waals surface area contributed by atoms with Crippen molar-refractivity contribution in [2.45, 2.75) is 75.5 Å². The minimum absolute atomic E-state index is 0.0343. The van der Waals surface area contributed by atoms with Crippen LogP contribution in [0.4, 0.5) is 0 Å². The lowest BCUT2D eigenvalue weighted by molar-refractivity contribution is -0.139. The van der Waals surface area contributed by atoms with Crippen LogP contribution >= 0.6 is 0 Å². The average Bonchev–Trinajstić information content (AvgIpc) is 2.63. The zero-order valence-corrected chi connectivity index (χ0v) is 17.2. The molecule has 158 valence electrons. The summed E-state index contributed by atoms with van der Waals surface area (Å²) in [5.41, 5.74) is 0.482. The molecule has 0 saturated carbocycles. The number of carboxylic acids is 1. The van der Waals surface area contributed by atoms with Crippen molar-refractivity contribution in [3.63, 3.8) is 0 Å². The van der Waals surface area contributed by atoms with Crippen molar-refractivity contribution >= 4 is 22.0 Å². The van der Waals surface area contributed by atoms with E-state index in [-0.39, 0.29) is 10.8 Å². The third kappa shape index (κ3) is 9.32. The van der Waals surface area contributed by atoms with E-state index in [1.165, 1.54) is 37.1 Å². The molecule has 0 aromatic heterocycles. The Morgan fingerprint density at radius 2 is 1.64 bits per heavy atom. The molecule has 1 amide bonds. The van der Waals surface area contributed by atoms with Crippen LogP contribution < -0.4 is 5.32 Å². The molecule has 1 rings (SSSR count). The van der Waals surface area contributed by atoms with Gasteiger partial charge in [-0.2, -0.15) is 8.42 Å². The summed E-state index contributed by atoms with van der Waals surface area (Å²) in [6, 6.07) is 5.20. The van der Waals surface area contributed by atoms with Gasteiger partial charge in [-0.25, -0.2) is 0 Å². The predicted octanol–water partition coefficient (Wildman–Crippen LogP) is 3.75. The number of unbranched alkanes of at least 4 members (excludes halogenated alkanes) is 5. The Hall–Kier alpha value is -1.93. The molecule has 0 fully saturated rings. The Bertz CT molecular complexity index is 715. The SMILES string of the molecule is CCCCCCCC(=O)NCCCCC(C(=O)O)c1ccc(S(=O)(=O)O)cc1. The normalized spacial score (nSPS) is 12.5. The summed E-state index contributed by atoms with van der Waals surface area (Å²) in [6.45, 7) is 2.66. The summed E-state index contributed by atoms with van der Waals surface area (Å²) in [6.07, 6.45) is 7.70. The molecule has 0 aliphatic carbocycles. The number of carboxylic acid groups (broad SMARTS) is 1. The van der Waals surface area contributed by atoms with E-state index < -0.39 is 22.0 Å². The Labute approximate surface area is 167 Å². The van der Waals surface area contributed by atoms with Crippen LogP contribution in [0.1, 0.15) is 76.2 Å². The van der Waals surface area contributed by atoms with E-state index >= 15 is 0 Å². The second-order valence-corrected chi connectivity index (χ2v) is 8.37. The number of aliphatic carboxylic acids is 1. The molecular weight excluding hydrogens is 382 g/mol. The van der Waals surface area contributed by atoms with Crippen molar-refractivity contribution in [1.29, 1.82) is 0 Å². The highest BCUT2D eigenvalue weighted by molar-refractivity contribution is 7.85. The third-order valence-electron chi connectivity index (χ3n) is 4.63. The summed E-state index contributed by atoms with van der Waals surface area (Å²) >= 11 is 0. The first kappa shape index (κ1) is 24.1. The van der Waals surface area contributed by atoms with Crippen LogP contribution in [0.25, 0.3) is 0 Å². The Kier molecular flexibility index (Phi) is 10.8. The van der Waals surface area contributed by atoms with Crippen molar-refractivity contribution in [2.75, 3.05) is 6.54 Å². The lowest BCUT2D eigenvalue weighted by Crippen LogP contribution is -2.24. The molecule has 7 nitrogen and oxygen atoms in total. The predicted molar refractivity (Wildman–Crippen MR) is 107 cm³/mol. The van der Waals surface area contributed by atoms with Crippen molar-refractivity contribution in [1.82, 2.24) is 5.32 Å². The van der Waals surface area contributed by atoms with E-state index in [9.17, 15) is 23.1 Å². The van der Waals surface area contributed by atoms with Gasteiger partial charge in [0.2, 0.25) is 5.91 Å². The van der Waals surface area contributed by atoms with Gasteiger partial charge in [0.15, 0.2) is 0 Å². The molecule has 1 atom stereocenters. The summed E-state index contributed by atoms with van der Waals surface area (Å²) in [7, 11) is -4.30. The van der Waals surface area contributed by atoms with Gasteiger partial charge in [0.05, 0.1) is 10.8 Å². The Balaban J connectivity index is 2.35. The highest BCUT2D eigenvalue weighted by atomic mass is 32.2. The second kappa shape index (κ2) is 12.5. The largest absolute Gasteiger partial charge is 0.481 e. The third-order valence-corrected chi connectivity index (χ3v) is 5.50. The molecule has 0 heterocycles. The highest BCUT2D eigenvalue weighted by Gasteiger charge is 2.20. The number of hydrogen-bond acceptors (Lipinski definition) is 4. The molecule has 0 spiro atoms. The molecule has 1 aromatic rings. The van der Waals surface area contributed by atoms with Crippen LogP contribution in [0.5, 0.6) is 0 Å². The van der Waals surface area contributed by atoms with Crippen LogP contribution in [0.3, 0.4) is 0 Å². The van der Waals surface area contributed by atoms with Gasteiger partial charge < -0.3 is 10.4 Å². The molecule has 0 saturated heterocycles. The molecular formula is C20H31NO6S. The van der Waals surface area contributed by atoms with Crippen LogP contribution in [-0.4, -0.2) is 36.5 Å². The standard InChI is InChI=1S/C20H31NO6S/c1-2-3-4-5-6-10-19(22)21-15-8-7-9-18(20(23)24)16-11-13-17(14-12-16)28(25,26)27/h11-14,18H,2-10,15H2,1H3,(H,21,22)(H,23,24)(H,25,26,27). The first-order chi connectivity index (χ1) is 13.3. The van der Waals surface area contributed by atoms with Gasteiger partial charge in [-0.1, -0.05) is 51.2 Å². The number of carbonyl (C=O) groups is 2. The maximum Gasteiger partial charge on any atom is 0.310 e. The van der Waals surface area contributed by atoms with Gasteiger partial charge in [0.1, 0.15) is 0 Å². The Morgan fingerprint density at radius 3 is 2.21 bits per heavy atom. The van der Waals surface area contributed by atoms with Gasteiger partial charge in [-0.05, 0) is 37.0 Å². The van der Waals surface area contributed by atoms with Crippen LogP contribution in [0.2, 0.25) is 0 Å². The van der Waals surface area contributed by atoms with E-state index in [1.807, 2.05) is 0 Å². The van der Waals surface area contributed by atoms with Crippen molar-refractivity contribution in [2.24, 2.45) is 0 Å². The summed E-state index contributed by atoms with van der Waals surface area (Å²) < 4.78 is 31.1. The van der Waals surface area contributed by atoms with Gasteiger partial charge in [0, 0.05) is 13.0 Å². The van der Waals surface area contributed by atoms with E-state index in [0.29, 0.717) is 37.8 Å². The zero-order valence-electron chi connectivity index (χ0n) is 16.4. The van der Waals surface area contributed by atoms with Crippen molar-refractivity contribution in [3.05, 3.63) is 29.8 Å². The fourth-order valence-corrected chi connectivity index (χ4v) is 3.46. The molecule has 0 bridgehead atoms. The van der Waals surface area contributed by atoms with Crippen molar-refractivity contribution in [3.8, 4) is 0 Å². The first-order valence-electron chi connectivity index (χ1n) is 9.82. The highest BCUT2D eigenvalue weighted by Crippen LogP contribution is 2.24.